The van der Waals surface area contributed by atoms with Gasteiger partial charge in [0.05, 0.1) is 42.9 Å². The second kappa shape index (κ2) is 10.2. The Hall–Kier alpha value is -3.50. The van der Waals surface area contributed by atoms with E-state index in [-0.39, 0.29) is 5.97 Å². The van der Waals surface area contributed by atoms with Crippen LogP contribution in [0.25, 0.3) is 27.8 Å². The fourth-order valence-electron chi connectivity index (χ4n) is 5.88. The van der Waals surface area contributed by atoms with Crippen molar-refractivity contribution in [1.82, 2.24) is 29.5 Å². The summed E-state index contributed by atoms with van der Waals surface area (Å²) < 4.78 is 13.5. The SMILES string of the molecule is Cc1nc2c(N3CCOCC3)nc(-c3cccc4[nH]ncc34)cn2c1C1CCN(CC(=O)OC(C)(C)C)CC1. The summed E-state index contributed by atoms with van der Waals surface area (Å²) in [4.78, 5) is 27.1. The summed E-state index contributed by atoms with van der Waals surface area (Å²) in [5.74, 6) is 1.08. The van der Waals surface area contributed by atoms with E-state index in [2.05, 4.69) is 43.6 Å². The van der Waals surface area contributed by atoms with Gasteiger partial charge in [0.25, 0.3) is 0 Å². The molecule has 1 aromatic carbocycles. The molecule has 0 aliphatic carbocycles. The Balaban J connectivity index is 1.35. The number of esters is 1. The molecule has 6 rings (SSSR count). The number of piperidine rings is 1. The van der Waals surface area contributed by atoms with Crippen molar-refractivity contribution >= 4 is 28.3 Å². The Kier molecular flexibility index (Phi) is 6.76. The van der Waals surface area contributed by atoms with E-state index in [9.17, 15) is 4.79 Å². The largest absolute Gasteiger partial charge is 0.459 e. The minimum absolute atomic E-state index is 0.161. The number of H-pyrrole nitrogens is 1. The lowest BCUT2D eigenvalue weighted by Gasteiger charge is -2.32. The maximum atomic E-state index is 12.4. The van der Waals surface area contributed by atoms with Gasteiger partial charge in [-0.1, -0.05) is 12.1 Å². The number of aromatic nitrogens is 5. The third-order valence-electron chi connectivity index (χ3n) is 7.63. The van der Waals surface area contributed by atoms with E-state index in [4.69, 9.17) is 19.4 Å². The molecule has 0 atom stereocenters. The van der Waals surface area contributed by atoms with Crippen molar-refractivity contribution < 1.29 is 14.3 Å². The van der Waals surface area contributed by atoms with Crippen LogP contribution in [-0.4, -0.2) is 87.0 Å². The van der Waals surface area contributed by atoms with Gasteiger partial charge >= 0.3 is 5.97 Å². The number of carbonyl (C=O) groups excluding carboxylic acids is 1. The lowest BCUT2D eigenvalue weighted by atomic mass is 9.92. The molecule has 0 spiro atoms. The Morgan fingerprint density at radius 2 is 1.90 bits per heavy atom. The van der Waals surface area contributed by atoms with Gasteiger partial charge in [-0.15, -0.1) is 0 Å². The topological polar surface area (TPSA) is 101 Å². The van der Waals surface area contributed by atoms with Gasteiger partial charge in [-0.2, -0.15) is 5.10 Å². The predicted molar refractivity (Wildman–Crippen MR) is 150 cm³/mol. The first-order chi connectivity index (χ1) is 18.8. The number of anilines is 1. The van der Waals surface area contributed by atoms with Crippen LogP contribution in [0.3, 0.4) is 0 Å². The van der Waals surface area contributed by atoms with Crippen molar-refractivity contribution in [2.24, 2.45) is 0 Å². The van der Waals surface area contributed by atoms with E-state index in [1.165, 1.54) is 5.69 Å². The van der Waals surface area contributed by atoms with Gasteiger partial charge in [0.2, 0.25) is 0 Å². The number of nitrogens with zero attached hydrogens (tertiary/aromatic N) is 6. The van der Waals surface area contributed by atoms with Gasteiger partial charge < -0.3 is 14.4 Å². The second-order valence-electron chi connectivity index (χ2n) is 11.6. The van der Waals surface area contributed by atoms with E-state index in [0.29, 0.717) is 25.7 Å². The highest BCUT2D eigenvalue weighted by molar-refractivity contribution is 5.93. The van der Waals surface area contributed by atoms with Gasteiger partial charge in [0.15, 0.2) is 11.5 Å². The fraction of sp³-hybridized carbons (Fsp3) is 0.517. The number of nitrogens with one attached hydrogen (secondary N) is 1. The van der Waals surface area contributed by atoms with Crippen molar-refractivity contribution in [2.45, 2.75) is 52.1 Å². The van der Waals surface area contributed by atoms with Gasteiger partial charge in [-0.3, -0.25) is 19.2 Å². The lowest BCUT2D eigenvalue weighted by molar-refractivity contribution is -0.156. The van der Waals surface area contributed by atoms with Crippen molar-refractivity contribution in [1.29, 1.82) is 0 Å². The van der Waals surface area contributed by atoms with Crippen molar-refractivity contribution in [3.05, 3.63) is 42.0 Å². The average Bonchev–Trinajstić information content (AvgIpc) is 3.52. The quantitative estimate of drug-likeness (QED) is 0.387. The summed E-state index contributed by atoms with van der Waals surface area (Å²) in [6.45, 7) is 12.8. The minimum atomic E-state index is -0.465. The molecule has 4 aromatic rings. The number of morpholine rings is 1. The third kappa shape index (κ3) is 5.23. The van der Waals surface area contributed by atoms with E-state index in [0.717, 1.165) is 78.3 Å². The number of ether oxygens (including phenoxy) is 2. The molecule has 0 amide bonds. The zero-order valence-corrected chi connectivity index (χ0v) is 23.2. The summed E-state index contributed by atoms with van der Waals surface area (Å²) in [6.07, 6.45) is 5.92. The molecular weight excluding hydrogens is 494 g/mol. The molecule has 0 bridgehead atoms. The number of aromatic amines is 1. The van der Waals surface area contributed by atoms with E-state index in [1.54, 1.807) is 0 Å². The maximum Gasteiger partial charge on any atom is 0.320 e. The lowest BCUT2D eigenvalue weighted by Crippen LogP contribution is -2.39. The molecule has 5 heterocycles. The molecule has 2 saturated heterocycles. The number of likely N-dealkylation sites (tertiary alicyclic amines) is 1. The monoisotopic (exact) mass is 531 g/mol. The van der Waals surface area contributed by atoms with Crippen LogP contribution in [0.4, 0.5) is 5.82 Å². The number of imidazole rings is 1. The predicted octanol–water partition coefficient (Wildman–Crippen LogP) is 3.94. The van der Waals surface area contributed by atoms with Crippen LogP contribution in [0.5, 0.6) is 0 Å². The maximum absolute atomic E-state index is 12.4. The summed E-state index contributed by atoms with van der Waals surface area (Å²) in [5, 5.41) is 8.40. The molecule has 0 radical (unpaired) electrons. The average molecular weight is 532 g/mol. The number of aryl methyl sites for hydroxylation is 1. The van der Waals surface area contributed by atoms with Crippen LogP contribution in [-0.2, 0) is 14.3 Å². The van der Waals surface area contributed by atoms with Crippen LogP contribution in [0, 0.1) is 6.92 Å². The number of fused-ring (bicyclic) bond motifs is 2. The minimum Gasteiger partial charge on any atom is -0.459 e. The first-order valence-corrected chi connectivity index (χ1v) is 13.9. The Morgan fingerprint density at radius 1 is 1.13 bits per heavy atom. The molecule has 206 valence electrons. The van der Waals surface area contributed by atoms with Crippen LogP contribution >= 0.6 is 0 Å². The normalized spacial score (nSPS) is 17.8. The molecule has 39 heavy (non-hydrogen) atoms. The van der Waals surface area contributed by atoms with Gasteiger partial charge in [0.1, 0.15) is 5.60 Å². The second-order valence-corrected chi connectivity index (χ2v) is 11.6. The molecule has 3 aromatic heterocycles. The summed E-state index contributed by atoms with van der Waals surface area (Å²) in [5.41, 5.74) is 5.63. The van der Waals surface area contributed by atoms with Crippen LogP contribution in [0.15, 0.2) is 30.6 Å². The van der Waals surface area contributed by atoms with Crippen LogP contribution in [0.2, 0.25) is 0 Å². The Morgan fingerprint density at radius 3 is 2.64 bits per heavy atom. The number of hydrogen-bond donors (Lipinski definition) is 1. The van der Waals surface area contributed by atoms with E-state index < -0.39 is 5.60 Å². The smallest absolute Gasteiger partial charge is 0.320 e. The zero-order valence-electron chi connectivity index (χ0n) is 23.2. The number of rotatable bonds is 5. The highest BCUT2D eigenvalue weighted by Crippen LogP contribution is 2.36. The van der Waals surface area contributed by atoms with Gasteiger partial charge in [-0.05, 0) is 59.7 Å². The van der Waals surface area contributed by atoms with Crippen LogP contribution < -0.4 is 4.90 Å². The molecule has 2 fully saturated rings. The van der Waals surface area contributed by atoms with Crippen LogP contribution in [0.1, 0.15) is 50.9 Å². The number of hydrogen-bond acceptors (Lipinski definition) is 8. The van der Waals surface area contributed by atoms with Crippen molar-refractivity contribution in [3.63, 3.8) is 0 Å². The standard InChI is InChI=1S/C29H37N7O3/c1-19-26(20-8-10-34(11-9-20)18-25(37)39-29(2,3)4)36-17-24(21-6-5-7-23-22(21)16-30-33-23)32-27(28(36)31-19)35-12-14-38-15-13-35/h5-7,16-17,20H,8-15,18H2,1-4H3,(H,30,33). The highest BCUT2D eigenvalue weighted by atomic mass is 16.6. The fourth-order valence-corrected chi connectivity index (χ4v) is 5.88. The van der Waals surface area contributed by atoms with E-state index in [1.807, 2.05) is 39.1 Å². The molecule has 0 saturated carbocycles. The number of benzene rings is 1. The molecule has 10 heteroatoms. The summed E-state index contributed by atoms with van der Waals surface area (Å²) in [6, 6.07) is 6.18. The van der Waals surface area contributed by atoms with Gasteiger partial charge in [0, 0.05) is 41.8 Å². The molecule has 2 aliphatic heterocycles. The highest BCUT2D eigenvalue weighted by Gasteiger charge is 2.29. The Bertz CT molecular complexity index is 1490. The Labute approximate surface area is 228 Å². The molecule has 2 aliphatic rings. The first kappa shape index (κ1) is 25.8. The zero-order chi connectivity index (χ0) is 27.1. The third-order valence-corrected chi connectivity index (χ3v) is 7.63. The first-order valence-electron chi connectivity index (χ1n) is 13.9. The molecular formula is C29H37N7O3. The molecule has 1 N–H and O–H groups in total. The van der Waals surface area contributed by atoms with E-state index >= 15 is 0 Å². The van der Waals surface area contributed by atoms with Crippen molar-refractivity contribution in [3.8, 4) is 11.3 Å². The number of carbonyl (C=O) groups is 1. The van der Waals surface area contributed by atoms with Gasteiger partial charge in [-0.25, -0.2) is 9.97 Å². The van der Waals surface area contributed by atoms with Crippen molar-refractivity contribution in [2.75, 3.05) is 50.8 Å². The summed E-state index contributed by atoms with van der Waals surface area (Å²) in [7, 11) is 0. The summed E-state index contributed by atoms with van der Waals surface area (Å²) >= 11 is 0. The molecule has 0 unspecified atom stereocenters. The molecule has 10 nitrogen and oxygen atoms in total.